The van der Waals surface area contributed by atoms with Crippen LogP contribution in [0.15, 0.2) is 67.0 Å². The molecule has 3 aromatic rings. The Hall–Kier alpha value is -2.95. The number of halogens is 1. The molecular weight excluding hydrogens is 295 g/mol. The van der Waals surface area contributed by atoms with E-state index in [2.05, 4.69) is 4.98 Å². The van der Waals surface area contributed by atoms with Crippen molar-refractivity contribution in [1.29, 1.82) is 0 Å². The fourth-order valence-corrected chi connectivity index (χ4v) is 2.60. The number of hydrogen-bond acceptors (Lipinski definition) is 2. The number of rotatable bonds is 5. The zero-order chi connectivity index (χ0) is 16.2. The van der Waals surface area contributed by atoms with Crippen LogP contribution in [0.4, 0.5) is 4.39 Å². The number of aromatic amines is 1. The van der Waals surface area contributed by atoms with Crippen molar-refractivity contribution in [2.45, 2.75) is 12.3 Å². The summed E-state index contributed by atoms with van der Waals surface area (Å²) in [4.78, 5) is 15.6. The van der Waals surface area contributed by atoms with E-state index in [1.54, 1.807) is 30.5 Å². The maximum Gasteiger partial charge on any atom is 0.259 e. The highest BCUT2D eigenvalue weighted by Gasteiger charge is 2.24. The molecule has 4 nitrogen and oxygen atoms in total. The number of pyridine rings is 1. The number of nitrogens with zero attached hydrogens (tertiary/aromatic N) is 1. The van der Waals surface area contributed by atoms with E-state index < -0.39 is 0 Å². The standard InChI is InChI=1S/C18H15FN2O2/c19-14-8-6-13(7-9-14)15(16-4-3-10-20-16)12-18(22)17-5-1-2-11-21(17)23/h1-11,15,20H,12H2/t15-/m1/s1. The van der Waals surface area contributed by atoms with E-state index in [4.69, 9.17) is 0 Å². The first kappa shape index (κ1) is 15.0. The predicted molar refractivity (Wildman–Crippen MR) is 83.4 cm³/mol. The second kappa shape index (κ2) is 6.44. The quantitative estimate of drug-likeness (QED) is 0.447. The largest absolute Gasteiger partial charge is 0.618 e. The summed E-state index contributed by atoms with van der Waals surface area (Å²) in [5, 5.41) is 11.7. The maximum absolute atomic E-state index is 13.2. The summed E-state index contributed by atoms with van der Waals surface area (Å²) in [7, 11) is 0. The molecule has 5 heteroatoms. The van der Waals surface area contributed by atoms with Crippen LogP contribution in [0.5, 0.6) is 0 Å². The van der Waals surface area contributed by atoms with Gasteiger partial charge < -0.3 is 10.2 Å². The Morgan fingerprint density at radius 2 is 1.91 bits per heavy atom. The van der Waals surface area contributed by atoms with Crippen molar-refractivity contribution in [1.82, 2.24) is 4.98 Å². The molecule has 0 bridgehead atoms. The van der Waals surface area contributed by atoms with E-state index in [9.17, 15) is 14.4 Å². The lowest BCUT2D eigenvalue weighted by atomic mass is 9.90. The van der Waals surface area contributed by atoms with Gasteiger partial charge in [-0.05, 0) is 35.9 Å². The fraction of sp³-hybridized carbons (Fsp3) is 0.111. The topological polar surface area (TPSA) is 59.8 Å². The number of Topliss-reactive ketones (excluding diaryl/α,β-unsaturated/α-hetero) is 1. The predicted octanol–water partition coefficient (Wildman–Crippen LogP) is 3.19. The van der Waals surface area contributed by atoms with Crippen molar-refractivity contribution in [3.63, 3.8) is 0 Å². The van der Waals surface area contributed by atoms with Gasteiger partial charge in [0.05, 0.1) is 0 Å². The Morgan fingerprint density at radius 3 is 2.57 bits per heavy atom. The van der Waals surface area contributed by atoms with Crippen molar-refractivity contribution in [2.24, 2.45) is 0 Å². The molecular formula is C18H15FN2O2. The van der Waals surface area contributed by atoms with E-state index in [-0.39, 0.29) is 29.6 Å². The average Bonchev–Trinajstić information content (AvgIpc) is 3.08. The Bertz CT molecular complexity index is 798. The molecule has 23 heavy (non-hydrogen) atoms. The molecule has 0 aliphatic heterocycles. The Morgan fingerprint density at radius 1 is 1.13 bits per heavy atom. The van der Waals surface area contributed by atoms with Crippen LogP contribution >= 0.6 is 0 Å². The lowest BCUT2D eigenvalue weighted by Crippen LogP contribution is -2.34. The SMILES string of the molecule is O=C(C[C@H](c1ccc(F)cc1)c1ccc[nH]1)c1cccc[n+]1[O-]. The van der Waals surface area contributed by atoms with Gasteiger partial charge in [-0.3, -0.25) is 4.79 Å². The van der Waals surface area contributed by atoms with Gasteiger partial charge in [0.25, 0.3) is 5.69 Å². The van der Waals surface area contributed by atoms with Crippen LogP contribution in [0.3, 0.4) is 0 Å². The van der Waals surface area contributed by atoms with Gasteiger partial charge in [-0.2, -0.15) is 4.73 Å². The van der Waals surface area contributed by atoms with Gasteiger partial charge in [0.1, 0.15) is 5.82 Å². The monoisotopic (exact) mass is 310 g/mol. The van der Waals surface area contributed by atoms with Crippen LogP contribution in [0.25, 0.3) is 0 Å². The summed E-state index contributed by atoms with van der Waals surface area (Å²) in [6, 6.07) is 14.5. The second-order valence-corrected chi connectivity index (χ2v) is 5.27. The minimum atomic E-state index is -0.328. The molecule has 0 aliphatic carbocycles. The van der Waals surface area contributed by atoms with Gasteiger partial charge in [0, 0.05) is 36.4 Å². The van der Waals surface area contributed by atoms with Crippen LogP contribution in [0.1, 0.15) is 34.1 Å². The first-order chi connectivity index (χ1) is 11.1. The van der Waals surface area contributed by atoms with Crippen LogP contribution < -0.4 is 4.73 Å². The summed E-state index contributed by atoms with van der Waals surface area (Å²) in [5.74, 6) is -0.853. The lowest BCUT2D eigenvalue weighted by molar-refractivity contribution is -0.607. The van der Waals surface area contributed by atoms with Gasteiger partial charge in [-0.15, -0.1) is 0 Å². The van der Waals surface area contributed by atoms with Crippen molar-refractivity contribution >= 4 is 5.78 Å². The van der Waals surface area contributed by atoms with Gasteiger partial charge in [-0.25, -0.2) is 4.39 Å². The summed E-state index contributed by atoms with van der Waals surface area (Å²) in [6.07, 6.45) is 3.19. The molecule has 0 amide bonds. The van der Waals surface area contributed by atoms with Gasteiger partial charge in [-0.1, -0.05) is 12.1 Å². The lowest BCUT2D eigenvalue weighted by Gasteiger charge is -2.15. The molecule has 0 saturated carbocycles. The second-order valence-electron chi connectivity index (χ2n) is 5.27. The number of hydrogen-bond donors (Lipinski definition) is 1. The minimum Gasteiger partial charge on any atom is -0.618 e. The normalized spacial score (nSPS) is 12.0. The summed E-state index contributed by atoms with van der Waals surface area (Å²) >= 11 is 0. The number of H-pyrrole nitrogens is 1. The molecule has 1 aromatic carbocycles. The smallest absolute Gasteiger partial charge is 0.259 e. The Balaban J connectivity index is 1.92. The third-order valence-electron chi connectivity index (χ3n) is 3.77. The van der Waals surface area contributed by atoms with E-state index in [1.165, 1.54) is 24.4 Å². The van der Waals surface area contributed by atoms with Crippen molar-refractivity contribution in [2.75, 3.05) is 0 Å². The number of ketones is 1. The number of nitrogens with one attached hydrogen (secondary N) is 1. The van der Waals surface area contributed by atoms with Crippen molar-refractivity contribution in [3.8, 4) is 0 Å². The summed E-state index contributed by atoms with van der Waals surface area (Å²) in [6.45, 7) is 0. The van der Waals surface area contributed by atoms with Gasteiger partial charge in [0.2, 0.25) is 5.78 Å². The average molecular weight is 310 g/mol. The van der Waals surface area contributed by atoms with Crippen LogP contribution in [0, 0.1) is 11.0 Å². The highest BCUT2D eigenvalue weighted by Crippen LogP contribution is 2.28. The molecule has 1 atom stereocenters. The molecule has 0 spiro atoms. The first-order valence-corrected chi connectivity index (χ1v) is 7.25. The molecule has 0 unspecified atom stereocenters. The van der Waals surface area contributed by atoms with E-state index in [0.29, 0.717) is 4.73 Å². The van der Waals surface area contributed by atoms with Crippen LogP contribution in [0.2, 0.25) is 0 Å². The van der Waals surface area contributed by atoms with Crippen molar-refractivity contribution in [3.05, 3.63) is 95.0 Å². The number of aromatic nitrogens is 2. The summed E-state index contributed by atoms with van der Waals surface area (Å²) < 4.78 is 13.7. The zero-order valence-electron chi connectivity index (χ0n) is 12.3. The van der Waals surface area contributed by atoms with Crippen LogP contribution in [-0.2, 0) is 0 Å². The molecule has 0 radical (unpaired) electrons. The highest BCUT2D eigenvalue weighted by molar-refractivity contribution is 5.93. The number of benzene rings is 1. The molecule has 1 N–H and O–H groups in total. The Kier molecular flexibility index (Phi) is 4.19. The Labute approximate surface area is 132 Å². The van der Waals surface area contributed by atoms with Crippen molar-refractivity contribution < 1.29 is 13.9 Å². The van der Waals surface area contributed by atoms with Crippen LogP contribution in [-0.4, -0.2) is 10.8 Å². The zero-order valence-corrected chi connectivity index (χ0v) is 12.3. The molecule has 0 aliphatic rings. The third kappa shape index (κ3) is 3.29. The number of carbonyl (C=O) groups excluding carboxylic acids is 1. The van der Waals surface area contributed by atoms with Gasteiger partial charge >= 0.3 is 0 Å². The molecule has 116 valence electrons. The van der Waals surface area contributed by atoms with E-state index >= 15 is 0 Å². The molecule has 3 rings (SSSR count). The first-order valence-electron chi connectivity index (χ1n) is 7.25. The van der Waals surface area contributed by atoms with E-state index in [1.807, 2.05) is 12.1 Å². The highest BCUT2D eigenvalue weighted by atomic mass is 19.1. The molecule has 0 saturated heterocycles. The molecule has 0 fully saturated rings. The fourth-order valence-electron chi connectivity index (χ4n) is 2.60. The molecule has 2 heterocycles. The van der Waals surface area contributed by atoms with E-state index in [0.717, 1.165) is 11.3 Å². The minimum absolute atomic E-state index is 0.103. The third-order valence-corrected chi connectivity index (χ3v) is 3.77. The number of carbonyl (C=O) groups is 1. The van der Waals surface area contributed by atoms with Gasteiger partial charge in [0.15, 0.2) is 6.20 Å². The molecule has 2 aromatic heterocycles. The summed E-state index contributed by atoms with van der Waals surface area (Å²) in [5.41, 5.74) is 1.76. The maximum atomic E-state index is 13.2.